The van der Waals surface area contributed by atoms with E-state index in [1.165, 1.54) is 34.2 Å². The maximum absolute atomic E-state index is 9.81. The number of phenols is 1. The number of H-pyrrole nitrogens is 1. The molecule has 0 bridgehead atoms. The first-order chi connectivity index (χ1) is 13.2. The molecule has 0 saturated carbocycles. The molecule has 3 aromatic rings. The molecule has 3 heteroatoms. The average molecular weight is 358 g/mol. The van der Waals surface area contributed by atoms with E-state index in [1.54, 1.807) is 6.07 Å². The van der Waals surface area contributed by atoms with Crippen LogP contribution in [0.5, 0.6) is 5.75 Å². The standard InChI is InChI=1S/C24H26N2O/c1-15-11-18(12-21-20-8-7-19(27)14-23(20)26-24(15)21)22-13-17(9-10-25-22)16-5-3-2-4-6-16/h2-9,14-15,18,22,25-27H,10-13H2,1H3. The SMILES string of the molecule is CC1CC(C2CC(c3ccccc3)=CCN2)Cc2c1[nH]c1cc(O)ccc21. The first kappa shape index (κ1) is 16.6. The Morgan fingerprint density at radius 2 is 1.89 bits per heavy atom. The van der Waals surface area contributed by atoms with Gasteiger partial charge in [-0.15, -0.1) is 0 Å². The number of phenolic OH excluding ortho intramolecular Hbond substituents is 1. The number of nitrogens with one attached hydrogen (secondary N) is 2. The van der Waals surface area contributed by atoms with E-state index >= 15 is 0 Å². The van der Waals surface area contributed by atoms with Crippen LogP contribution in [0.2, 0.25) is 0 Å². The molecule has 3 unspecified atom stereocenters. The van der Waals surface area contributed by atoms with Crippen molar-refractivity contribution in [3.63, 3.8) is 0 Å². The molecule has 5 rings (SSSR count). The third-order valence-electron chi connectivity index (χ3n) is 6.42. The summed E-state index contributed by atoms with van der Waals surface area (Å²) in [6, 6.07) is 17.0. The second-order valence-electron chi connectivity index (χ2n) is 8.16. The Labute approximate surface area is 160 Å². The summed E-state index contributed by atoms with van der Waals surface area (Å²) in [7, 11) is 0. The van der Waals surface area contributed by atoms with E-state index in [1.807, 2.05) is 6.07 Å². The number of hydrogen-bond acceptors (Lipinski definition) is 2. The summed E-state index contributed by atoms with van der Waals surface area (Å²) in [6.07, 6.45) is 5.74. The van der Waals surface area contributed by atoms with E-state index in [9.17, 15) is 5.11 Å². The monoisotopic (exact) mass is 358 g/mol. The second kappa shape index (κ2) is 6.58. The molecule has 0 amide bonds. The van der Waals surface area contributed by atoms with Gasteiger partial charge >= 0.3 is 0 Å². The Balaban J connectivity index is 1.43. The Morgan fingerprint density at radius 3 is 2.74 bits per heavy atom. The van der Waals surface area contributed by atoms with Crippen LogP contribution in [0.4, 0.5) is 0 Å². The second-order valence-corrected chi connectivity index (χ2v) is 8.16. The summed E-state index contributed by atoms with van der Waals surface area (Å²) >= 11 is 0. The van der Waals surface area contributed by atoms with Gasteiger partial charge in [-0.2, -0.15) is 0 Å². The van der Waals surface area contributed by atoms with E-state index in [-0.39, 0.29) is 0 Å². The highest BCUT2D eigenvalue weighted by molar-refractivity contribution is 5.86. The Kier molecular flexibility index (Phi) is 4.05. The first-order valence-electron chi connectivity index (χ1n) is 10.0. The fourth-order valence-corrected chi connectivity index (χ4v) is 5.08. The molecule has 0 saturated heterocycles. The molecule has 3 N–H and O–H groups in total. The van der Waals surface area contributed by atoms with Crippen LogP contribution in [-0.2, 0) is 6.42 Å². The first-order valence-corrected chi connectivity index (χ1v) is 10.0. The summed E-state index contributed by atoms with van der Waals surface area (Å²) in [4.78, 5) is 3.57. The number of rotatable bonds is 2. The third kappa shape index (κ3) is 2.96. The fourth-order valence-electron chi connectivity index (χ4n) is 5.08. The van der Waals surface area contributed by atoms with Crippen molar-refractivity contribution in [3.05, 3.63) is 71.4 Å². The van der Waals surface area contributed by atoms with Crippen molar-refractivity contribution >= 4 is 16.5 Å². The van der Waals surface area contributed by atoms with E-state index in [0.29, 0.717) is 23.6 Å². The topological polar surface area (TPSA) is 48.0 Å². The van der Waals surface area contributed by atoms with Crippen LogP contribution in [0, 0.1) is 5.92 Å². The maximum Gasteiger partial charge on any atom is 0.117 e. The van der Waals surface area contributed by atoms with Gasteiger partial charge in [0.25, 0.3) is 0 Å². The lowest BCUT2D eigenvalue weighted by atomic mass is 9.74. The van der Waals surface area contributed by atoms with Crippen LogP contribution >= 0.6 is 0 Å². The van der Waals surface area contributed by atoms with Crippen LogP contribution in [0.25, 0.3) is 16.5 Å². The predicted molar refractivity (Wildman–Crippen MR) is 111 cm³/mol. The lowest BCUT2D eigenvalue weighted by molar-refractivity contribution is 0.306. The molecule has 2 aromatic carbocycles. The van der Waals surface area contributed by atoms with Crippen molar-refractivity contribution in [2.75, 3.05) is 6.54 Å². The van der Waals surface area contributed by atoms with E-state index in [2.05, 4.69) is 59.7 Å². The molecule has 27 heavy (non-hydrogen) atoms. The minimum atomic E-state index is 0.330. The number of aromatic hydroxyl groups is 1. The third-order valence-corrected chi connectivity index (χ3v) is 6.42. The zero-order chi connectivity index (χ0) is 18.4. The number of aromatic amines is 1. The van der Waals surface area contributed by atoms with Gasteiger partial charge in [-0.1, -0.05) is 43.3 Å². The highest BCUT2D eigenvalue weighted by atomic mass is 16.3. The average Bonchev–Trinajstić information content (AvgIpc) is 3.07. The molecular weight excluding hydrogens is 332 g/mol. The largest absolute Gasteiger partial charge is 0.508 e. The Bertz CT molecular complexity index is 1000. The summed E-state index contributed by atoms with van der Waals surface area (Å²) in [5.74, 6) is 1.48. The molecule has 138 valence electrons. The Hall–Kier alpha value is -2.52. The maximum atomic E-state index is 9.81. The Morgan fingerprint density at radius 1 is 1.04 bits per heavy atom. The lowest BCUT2D eigenvalue weighted by Gasteiger charge is -2.36. The number of benzene rings is 2. The van der Waals surface area contributed by atoms with Gasteiger partial charge < -0.3 is 15.4 Å². The predicted octanol–water partition coefficient (Wildman–Crippen LogP) is 4.98. The zero-order valence-corrected chi connectivity index (χ0v) is 15.7. The van der Waals surface area contributed by atoms with E-state index in [4.69, 9.17) is 0 Å². The number of fused-ring (bicyclic) bond motifs is 3. The van der Waals surface area contributed by atoms with Crippen molar-refractivity contribution in [2.24, 2.45) is 5.92 Å². The van der Waals surface area contributed by atoms with Crippen molar-refractivity contribution in [3.8, 4) is 5.75 Å². The van der Waals surface area contributed by atoms with Crippen molar-refractivity contribution < 1.29 is 5.11 Å². The lowest BCUT2D eigenvalue weighted by Crippen LogP contribution is -2.41. The summed E-state index contributed by atoms with van der Waals surface area (Å²) in [5, 5.41) is 14.8. The summed E-state index contributed by atoms with van der Waals surface area (Å²) in [6.45, 7) is 3.28. The minimum Gasteiger partial charge on any atom is -0.508 e. The highest BCUT2D eigenvalue weighted by Gasteiger charge is 2.33. The van der Waals surface area contributed by atoms with Gasteiger partial charge in [0.15, 0.2) is 0 Å². The molecule has 1 aromatic heterocycles. The molecule has 1 aliphatic carbocycles. The van der Waals surface area contributed by atoms with E-state index in [0.717, 1.165) is 24.9 Å². The molecule has 0 fully saturated rings. The normalized spacial score (nSPS) is 25.2. The van der Waals surface area contributed by atoms with E-state index < -0.39 is 0 Å². The van der Waals surface area contributed by atoms with Crippen LogP contribution in [0.1, 0.15) is 42.5 Å². The molecule has 1 aliphatic heterocycles. The van der Waals surface area contributed by atoms with Gasteiger partial charge in [-0.25, -0.2) is 0 Å². The van der Waals surface area contributed by atoms with Crippen molar-refractivity contribution in [1.82, 2.24) is 10.3 Å². The summed E-state index contributed by atoms with van der Waals surface area (Å²) in [5.41, 5.74) is 6.71. The molecule has 0 radical (unpaired) electrons. The van der Waals surface area contributed by atoms with Crippen LogP contribution in [-0.4, -0.2) is 22.7 Å². The highest BCUT2D eigenvalue weighted by Crippen LogP contribution is 2.41. The van der Waals surface area contributed by atoms with Crippen molar-refractivity contribution in [1.29, 1.82) is 0 Å². The van der Waals surface area contributed by atoms with Gasteiger partial charge in [0.2, 0.25) is 0 Å². The molecule has 2 aliphatic rings. The smallest absolute Gasteiger partial charge is 0.117 e. The van der Waals surface area contributed by atoms with Crippen LogP contribution in [0.15, 0.2) is 54.6 Å². The molecular formula is C24H26N2O. The number of aromatic nitrogens is 1. The van der Waals surface area contributed by atoms with Gasteiger partial charge in [0.05, 0.1) is 0 Å². The van der Waals surface area contributed by atoms with Gasteiger partial charge in [-0.05, 0) is 59.9 Å². The van der Waals surface area contributed by atoms with Crippen molar-refractivity contribution in [2.45, 2.75) is 38.1 Å². The molecule has 2 heterocycles. The number of hydrogen-bond donors (Lipinski definition) is 3. The summed E-state index contributed by atoms with van der Waals surface area (Å²) < 4.78 is 0. The quantitative estimate of drug-likeness (QED) is 0.605. The minimum absolute atomic E-state index is 0.330. The van der Waals surface area contributed by atoms with Crippen LogP contribution < -0.4 is 5.32 Å². The molecule has 3 atom stereocenters. The van der Waals surface area contributed by atoms with Crippen LogP contribution in [0.3, 0.4) is 0 Å². The van der Waals surface area contributed by atoms with Gasteiger partial charge in [0, 0.05) is 35.2 Å². The zero-order valence-electron chi connectivity index (χ0n) is 15.7. The molecule has 3 nitrogen and oxygen atoms in total. The van der Waals surface area contributed by atoms with Gasteiger partial charge in [-0.3, -0.25) is 0 Å². The fraction of sp³-hybridized carbons (Fsp3) is 0.333. The molecule has 0 spiro atoms. The van der Waals surface area contributed by atoms with Gasteiger partial charge in [0.1, 0.15) is 5.75 Å².